The molecule has 2 N–H and O–H groups in total. The van der Waals surface area contributed by atoms with Crippen LogP contribution < -0.4 is 10.6 Å². The van der Waals surface area contributed by atoms with Crippen molar-refractivity contribution in [2.75, 3.05) is 10.6 Å². The number of rotatable bonds is 2. The minimum atomic E-state index is -0.960. The Morgan fingerprint density at radius 3 is 2.27 bits per heavy atom. The summed E-state index contributed by atoms with van der Waals surface area (Å²) < 4.78 is 13.0. The Morgan fingerprint density at radius 2 is 1.59 bits per heavy atom. The number of carbonyl (C=O) groups is 2. The van der Waals surface area contributed by atoms with E-state index in [0.29, 0.717) is 0 Å². The molecule has 4 nitrogen and oxygen atoms in total. The van der Waals surface area contributed by atoms with Crippen molar-refractivity contribution in [1.29, 1.82) is 0 Å². The molecular weight excluding hydrogens is 354 g/mol. The molecular formula is C14H8Cl3FN2O2. The fourth-order valence-corrected chi connectivity index (χ4v) is 2.07. The molecule has 0 aliphatic carbocycles. The van der Waals surface area contributed by atoms with Crippen molar-refractivity contribution in [3.63, 3.8) is 0 Å². The molecule has 0 fully saturated rings. The Balaban J connectivity index is 2.07. The zero-order valence-corrected chi connectivity index (χ0v) is 13.1. The van der Waals surface area contributed by atoms with Crippen LogP contribution in [0.3, 0.4) is 0 Å². The van der Waals surface area contributed by atoms with Crippen molar-refractivity contribution < 1.29 is 14.0 Å². The summed E-state index contributed by atoms with van der Waals surface area (Å²) in [7, 11) is 0. The van der Waals surface area contributed by atoms with Crippen LogP contribution in [0.2, 0.25) is 15.1 Å². The van der Waals surface area contributed by atoms with Gasteiger partial charge in [-0.3, -0.25) is 9.59 Å². The number of carbonyl (C=O) groups excluding carboxylic acids is 2. The van der Waals surface area contributed by atoms with Crippen molar-refractivity contribution in [2.45, 2.75) is 0 Å². The van der Waals surface area contributed by atoms with Crippen LogP contribution in [0, 0.1) is 5.82 Å². The van der Waals surface area contributed by atoms with E-state index in [1.54, 1.807) is 12.1 Å². The van der Waals surface area contributed by atoms with Gasteiger partial charge in [-0.05, 0) is 30.3 Å². The Labute approximate surface area is 140 Å². The van der Waals surface area contributed by atoms with E-state index in [9.17, 15) is 14.0 Å². The number of benzene rings is 2. The van der Waals surface area contributed by atoms with Crippen LogP contribution in [0.1, 0.15) is 0 Å². The van der Waals surface area contributed by atoms with Gasteiger partial charge in [0.1, 0.15) is 5.82 Å². The van der Waals surface area contributed by atoms with E-state index in [1.807, 2.05) is 0 Å². The predicted octanol–water partition coefficient (Wildman–Crippen LogP) is 4.36. The highest BCUT2D eigenvalue weighted by atomic mass is 35.5. The largest absolute Gasteiger partial charge is 0.318 e. The predicted molar refractivity (Wildman–Crippen MR) is 85.1 cm³/mol. The lowest BCUT2D eigenvalue weighted by molar-refractivity contribution is -0.132. The van der Waals surface area contributed by atoms with Gasteiger partial charge in [0.15, 0.2) is 0 Å². The summed E-state index contributed by atoms with van der Waals surface area (Å²) in [6.45, 7) is 0. The third kappa shape index (κ3) is 3.88. The van der Waals surface area contributed by atoms with Crippen molar-refractivity contribution in [3.05, 3.63) is 57.3 Å². The summed E-state index contributed by atoms with van der Waals surface area (Å²) >= 11 is 17.3. The number of halogens is 4. The topological polar surface area (TPSA) is 58.2 Å². The first-order valence-electron chi connectivity index (χ1n) is 5.90. The van der Waals surface area contributed by atoms with Crippen LogP contribution in [0.25, 0.3) is 0 Å². The van der Waals surface area contributed by atoms with Gasteiger partial charge in [-0.25, -0.2) is 4.39 Å². The van der Waals surface area contributed by atoms with Gasteiger partial charge in [-0.2, -0.15) is 0 Å². The molecule has 8 heteroatoms. The Bertz CT molecular complexity index is 753. The smallest absolute Gasteiger partial charge is 0.314 e. The highest BCUT2D eigenvalue weighted by molar-refractivity contribution is 6.47. The second-order valence-corrected chi connectivity index (χ2v) is 5.33. The monoisotopic (exact) mass is 360 g/mol. The number of hydrogen-bond acceptors (Lipinski definition) is 2. The molecule has 0 radical (unpaired) electrons. The van der Waals surface area contributed by atoms with E-state index in [-0.39, 0.29) is 26.4 Å². The summed E-state index contributed by atoms with van der Waals surface area (Å²) in [5.41, 5.74) is 0.384. The number of amides is 2. The van der Waals surface area contributed by atoms with Crippen LogP contribution in [-0.2, 0) is 9.59 Å². The maximum atomic E-state index is 13.0. The van der Waals surface area contributed by atoms with Crippen LogP contribution in [0.4, 0.5) is 15.8 Å². The lowest BCUT2D eigenvalue weighted by Crippen LogP contribution is -2.29. The molecule has 0 saturated heterocycles. The summed E-state index contributed by atoms with van der Waals surface area (Å²) in [6, 6.07) is 8.15. The molecule has 0 heterocycles. The molecule has 114 valence electrons. The maximum absolute atomic E-state index is 13.0. The summed E-state index contributed by atoms with van der Waals surface area (Å²) in [5.74, 6) is -2.54. The van der Waals surface area contributed by atoms with Crippen LogP contribution in [0.5, 0.6) is 0 Å². The third-order valence-corrected chi connectivity index (χ3v) is 3.69. The van der Waals surface area contributed by atoms with Crippen molar-refractivity contribution in [3.8, 4) is 0 Å². The molecule has 0 unspecified atom stereocenters. The lowest BCUT2D eigenvalue weighted by atomic mass is 10.3. The van der Waals surface area contributed by atoms with E-state index in [4.69, 9.17) is 34.8 Å². The molecule has 0 bridgehead atoms. The highest BCUT2D eigenvalue weighted by Crippen LogP contribution is 2.29. The Hall–Kier alpha value is -1.82. The molecule has 0 atom stereocenters. The van der Waals surface area contributed by atoms with Gasteiger partial charge in [0, 0.05) is 5.69 Å². The van der Waals surface area contributed by atoms with E-state index < -0.39 is 17.6 Å². The first-order chi connectivity index (χ1) is 10.4. The fourth-order valence-electron chi connectivity index (χ4n) is 1.54. The van der Waals surface area contributed by atoms with Crippen LogP contribution in [0.15, 0.2) is 36.4 Å². The van der Waals surface area contributed by atoms with E-state index in [0.717, 1.165) is 6.07 Å². The van der Waals surface area contributed by atoms with Gasteiger partial charge in [-0.1, -0.05) is 40.9 Å². The van der Waals surface area contributed by atoms with Gasteiger partial charge < -0.3 is 10.6 Å². The van der Waals surface area contributed by atoms with Gasteiger partial charge in [0.2, 0.25) is 0 Å². The zero-order chi connectivity index (χ0) is 16.3. The summed E-state index contributed by atoms with van der Waals surface area (Å²) in [5, 5.41) is 4.80. The Morgan fingerprint density at radius 1 is 0.909 bits per heavy atom. The molecule has 0 saturated carbocycles. The molecule has 0 aliphatic rings. The number of anilines is 2. The van der Waals surface area contributed by atoms with Gasteiger partial charge in [-0.15, -0.1) is 0 Å². The first kappa shape index (κ1) is 16.5. The SMILES string of the molecule is O=C(Nc1ccc(F)c(Cl)c1)C(=O)Nc1cccc(Cl)c1Cl. The van der Waals surface area contributed by atoms with Crippen molar-refractivity contribution >= 4 is 58.0 Å². The van der Waals surface area contributed by atoms with Gasteiger partial charge in [0.05, 0.1) is 20.8 Å². The summed E-state index contributed by atoms with van der Waals surface area (Å²) in [4.78, 5) is 23.6. The molecule has 2 amide bonds. The Kier molecular flexibility index (Phi) is 5.24. The minimum Gasteiger partial charge on any atom is -0.318 e. The average molecular weight is 362 g/mol. The van der Waals surface area contributed by atoms with Gasteiger partial charge >= 0.3 is 11.8 Å². The second-order valence-electron chi connectivity index (χ2n) is 4.14. The number of hydrogen-bond donors (Lipinski definition) is 2. The lowest BCUT2D eigenvalue weighted by Gasteiger charge is -2.09. The molecule has 2 rings (SSSR count). The molecule has 22 heavy (non-hydrogen) atoms. The highest BCUT2D eigenvalue weighted by Gasteiger charge is 2.16. The third-order valence-electron chi connectivity index (χ3n) is 2.58. The molecule has 0 spiro atoms. The molecule has 2 aromatic rings. The molecule has 0 aromatic heterocycles. The van der Waals surface area contributed by atoms with Crippen LogP contribution in [-0.4, -0.2) is 11.8 Å². The van der Waals surface area contributed by atoms with E-state index >= 15 is 0 Å². The average Bonchev–Trinajstić information content (AvgIpc) is 2.47. The zero-order valence-electron chi connectivity index (χ0n) is 10.8. The van der Waals surface area contributed by atoms with E-state index in [2.05, 4.69) is 10.6 Å². The standard InChI is InChI=1S/C14H8Cl3FN2O2/c15-8-2-1-3-11(12(8)17)20-14(22)13(21)19-7-4-5-10(18)9(16)6-7/h1-6H,(H,19,21)(H,20,22). The number of nitrogens with one attached hydrogen (secondary N) is 2. The van der Waals surface area contributed by atoms with Crippen molar-refractivity contribution in [1.82, 2.24) is 0 Å². The normalized spacial score (nSPS) is 10.2. The summed E-state index contributed by atoms with van der Waals surface area (Å²) in [6.07, 6.45) is 0. The fraction of sp³-hybridized carbons (Fsp3) is 0. The van der Waals surface area contributed by atoms with Crippen molar-refractivity contribution in [2.24, 2.45) is 0 Å². The van der Waals surface area contributed by atoms with Gasteiger partial charge in [0.25, 0.3) is 0 Å². The quantitative estimate of drug-likeness (QED) is 0.781. The molecule has 2 aromatic carbocycles. The second kappa shape index (κ2) is 6.96. The van der Waals surface area contributed by atoms with E-state index in [1.165, 1.54) is 18.2 Å². The maximum Gasteiger partial charge on any atom is 0.314 e. The first-order valence-corrected chi connectivity index (χ1v) is 7.03. The minimum absolute atomic E-state index is 0.121. The molecule has 0 aliphatic heterocycles. The van der Waals surface area contributed by atoms with Crippen LogP contribution >= 0.6 is 34.8 Å².